The van der Waals surface area contributed by atoms with Gasteiger partial charge in [0.2, 0.25) is 0 Å². The highest BCUT2D eigenvalue weighted by Crippen LogP contribution is 2.35. The molecule has 0 spiro atoms. The summed E-state index contributed by atoms with van der Waals surface area (Å²) in [6, 6.07) is 8.63. The number of hydrogen-bond acceptors (Lipinski definition) is 15. The molecule has 5 amide bonds. The van der Waals surface area contributed by atoms with E-state index in [4.69, 9.17) is 39.9 Å². The van der Waals surface area contributed by atoms with Crippen molar-refractivity contribution in [2.24, 2.45) is 17.4 Å². The van der Waals surface area contributed by atoms with E-state index in [1.165, 1.54) is 66.9 Å². The second kappa shape index (κ2) is 25.0. The second-order valence-corrected chi connectivity index (χ2v) is 16.4. The number of rotatable bonds is 22. The third-order valence-corrected chi connectivity index (χ3v) is 12.2. The Morgan fingerprint density at radius 2 is 0.836 bits per heavy atom. The van der Waals surface area contributed by atoms with Gasteiger partial charge in [-0.1, -0.05) is 0 Å². The Labute approximate surface area is 390 Å². The molecule has 11 N–H and O–H groups in total. The van der Waals surface area contributed by atoms with Gasteiger partial charge in [0.15, 0.2) is 0 Å². The van der Waals surface area contributed by atoms with Crippen LogP contribution >= 0.6 is 0 Å². The van der Waals surface area contributed by atoms with Crippen molar-refractivity contribution in [1.29, 1.82) is 0 Å². The predicted molar refractivity (Wildman–Crippen MR) is 249 cm³/mol. The molecular formula is C47H66N8O12. The summed E-state index contributed by atoms with van der Waals surface area (Å²) < 4.78 is 32.9. The highest BCUT2D eigenvalue weighted by Gasteiger charge is 2.30. The number of hydrogen-bond donors (Lipinski definition) is 9. The first-order valence-electron chi connectivity index (χ1n) is 22.4. The summed E-state index contributed by atoms with van der Waals surface area (Å²) in [7, 11) is 8.66. The van der Waals surface area contributed by atoms with Crippen molar-refractivity contribution in [1.82, 2.24) is 31.9 Å². The first-order valence-corrected chi connectivity index (χ1v) is 22.4. The summed E-state index contributed by atoms with van der Waals surface area (Å²) in [5, 5.41) is 29.3. The van der Waals surface area contributed by atoms with Crippen LogP contribution in [0.15, 0.2) is 36.4 Å². The normalized spacial score (nSPS) is 18.3. The molecule has 0 saturated heterocycles. The van der Waals surface area contributed by atoms with Gasteiger partial charge < -0.3 is 71.6 Å². The quantitative estimate of drug-likeness (QED) is 0.0653. The number of amides is 5. The number of benzene rings is 3. The third-order valence-electron chi connectivity index (χ3n) is 12.2. The van der Waals surface area contributed by atoms with Crippen LogP contribution in [0, 0.1) is 5.92 Å². The van der Waals surface area contributed by atoms with Crippen LogP contribution in [-0.4, -0.2) is 128 Å². The molecule has 67 heavy (non-hydrogen) atoms. The molecule has 20 heteroatoms. The molecular weight excluding hydrogens is 869 g/mol. The summed E-state index contributed by atoms with van der Waals surface area (Å²) in [4.78, 5) is 66.3. The van der Waals surface area contributed by atoms with E-state index in [1.54, 1.807) is 12.1 Å². The molecule has 3 aromatic rings. The Bertz CT molecular complexity index is 2210. The zero-order chi connectivity index (χ0) is 48.6. The summed E-state index contributed by atoms with van der Waals surface area (Å²) in [6.07, 6.45) is 4.08. The van der Waals surface area contributed by atoms with Crippen molar-refractivity contribution < 1.29 is 57.5 Å². The van der Waals surface area contributed by atoms with E-state index in [2.05, 4.69) is 31.9 Å². The van der Waals surface area contributed by atoms with Crippen molar-refractivity contribution in [3.05, 3.63) is 69.8 Å². The van der Waals surface area contributed by atoms with Crippen LogP contribution in [0.4, 0.5) is 0 Å². The molecule has 0 aliphatic heterocycles. The Hall–Kier alpha value is -6.35. The van der Waals surface area contributed by atoms with E-state index in [0.717, 1.165) is 12.8 Å². The molecule has 0 bridgehead atoms. The average molecular weight is 935 g/mol. The highest BCUT2D eigenvalue weighted by atomic mass is 16.5. The van der Waals surface area contributed by atoms with Crippen molar-refractivity contribution in [2.75, 3.05) is 75.4 Å². The molecule has 0 aromatic heterocycles. The number of carbonyl (C=O) groups excluding carboxylic acids is 5. The minimum atomic E-state index is -1.20. The smallest absolute Gasteiger partial charge is 0.255 e. The number of methoxy groups -OCH3 is 6. The lowest BCUT2D eigenvalue weighted by molar-refractivity contribution is 0.0886. The topological polar surface area (TPSA) is 285 Å². The number of nitrogens with two attached hydrogens (primary N) is 2. The second-order valence-electron chi connectivity index (χ2n) is 16.4. The summed E-state index contributed by atoms with van der Waals surface area (Å²) in [6.45, 7) is 1.41. The lowest BCUT2D eigenvalue weighted by Crippen LogP contribution is -2.43. The Morgan fingerprint density at radius 1 is 0.493 bits per heavy atom. The van der Waals surface area contributed by atoms with Crippen molar-refractivity contribution in [3.63, 3.8) is 0 Å². The zero-order valence-electron chi connectivity index (χ0n) is 39.1. The van der Waals surface area contributed by atoms with E-state index < -0.39 is 23.9 Å². The van der Waals surface area contributed by atoms with Gasteiger partial charge in [0.25, 0.3) is 29.5 Å². The molecule has 0 heterocycles. The predicted octanol–water partition coefficient (Wildman–Crippen LogP) is 2.16. The van der Waals surface area contributed by atoms with Crippen LogP contribution in [-0.2, 0) is 0 Å². The van der Waals surface area contributed by atoms with Gasteiger partial charge in [-0.05, 0) is 75.5 Å². The largest absolute Gasteiger partial charge is 0.496 e. The van der Waals surface area contributed by atoms with Crippen molar-refractivity contribution in [3.8, 4) is 34.5 Å². The number of carbonyl (C=O) groups is 5. The molecule has 2 aliphatic carbocycles. The molecule has 20 nitrogen and oxygen atoms in total. The minimum absolute atomic E-state index is 0.121. The fourth-order valence-electron chi connectivity index (χ4n) is 8.47. The van der Waals surface area contributed by atoms with E-state index >= 15 is 0 Å². The van der Waals surface area contributed by atoms with E-state index in [9.17, 15) is 29.1 Å². The maximum Gasteiger partial charge on any atom is 0.255 e. The van der Waals surface area contributed by atoms with Gasteiger partial charge in [0.1, 0.15) is 40.7 Å². The van der Waals surface area contributed by atoms with Gasteiger partial charge in [-0.3, -0.25) is 29.3 Å². The fraction of sp³-hybridized carbons (Fsp3) is 0.511. The van der Waals surface area contributed by atoms with E-state index in [0.29, 0.717) is 56.4 Å². The van der Waals surface area contributed by atoms with Gasteiger partial charge >= 0.3 is 0 Å². The molecule has 3 aromatic carbocycles. The lowest BCUT2D eigenvalue weighted by atomic mass is 9.85. The van der Waals surface area contributed by atoms with Crippen molar-refractivity contribution in [2.45, 2.75) is 75.7 Å². The van der Waals surface area contributed by atoms with Crippen LogP contribution in [0.25, 0.3) is 0 Å². The number of aliphatic hydroxyl groups is 1. The average Bonchev–Trinajstić information content (AvgIpc) is 3.35. The molecule has 5 rings (SSSR count). The molecule has 2 saturated carbocycles. The van der Waals surface area contributed by atoms with Crippen molar-refractivity contribution >= 4 is 29.5 Å². The Kier molecular flexibility index (Phi) is 19.2. The standard InChI is InChI=1S/C47H66N8O12/c1-62-36-22-39(65-4)33(19-30(36)42(56)50-17-15-48)45(59)53-27-9-7-26(8-10-27)25-52-44(58)32-21-35(41(67-6)24-38(32)64-3)47(61)55-29-13-11-28(12-14-29)54-46(60)34-20-31(43(57)51-18-16-49)37(63-2)23-40(34)66-5/h19-24,26-29,47,55,61H,7-18,25,48-49H2,1-6H3,(H,50,56)(H,51,57)(H,52,58)(H,53,59)(H,54,60). The summed E-state index contributed by atoms with van der Waals surface area (Å²) in [5.74, 6) is -0.218. The van der Waals surface area contributed by atoms with Gasteiger partial charge in [-0.2, -0.15) is 0 Å². The monoisotopic (exact) mass is 934 g/mol. The van der Waals surface area contributed by atoms with E-state index in [1.807, 2.05) is 0 Å². The number of aliphatic hydroxyl groups excluding tert-OH is 1. The van der Waals surface area contributed by atoms with Gasteiger partial charge in [0.05, 0.1) is 70.5 Å². The highest BCUT2D eigenvalue weighted by molar-refractivity contribution is 6.04. The first-order chi connectivity index (χ1) is 32.3. The molecule has 366 valence electrons. The van der Waals surface area contributed by atoms with E-state index in [-0.39, 0.29) is 119 Å². The molecule has 0 radical (unpaired) electrons. The maximum atomic E-state index is 13.7. The maximum absolute atomic E-state index is 13.7. The summed E-state index contributed by atoms with van der Waals surface area (Å²) in [5.41, 5.74) is 12.4. The number of nitrogens with one attached hydrogen (secondary N) is 6. The zero-order valence-corrected chi connectivity index (χ0v) is 39.1. The van der Waals surface area contributed by atoms with Gasteiger partial charge in [-0.15, -0.1) is 0 Å². The summed E-state index contributed by atoms with van der Waals surface area (Å²) >= 11 is 0. The van der Waals surface area contributed by atoms with Crippen LogP contribution in [0.3, 0.4) is 0 Å². The Balaban J connectivity index is 1.15. The van der Waals surface area contributed by atoms with Crippen LogP contribution < -0.4 is 71.8 Å². The Morgan fingerprint density at radius 3 is 1.24 bits per heavy atom. The molecule has 2 fully saturated rings. The van der Waals surface area contributed by atoms with Crippen LogP contribution in [0.1, 0.15) is 115 Å². The third kappa shape index (κ3) is 13.2. The first kappa shape index (κ1) is 51.6. The number of ether oxygens (including phenoxy) is 6. The van der Waals surface area contributed by atoms with Gasteiger partial charge in [0, 0.05) is 74.6 Å². The van der Waals surface area contributed by atoms with Crippen LogP contribution in [0.5, 0.6) is 34.5 Å². The van der Waals surface area contributed by atoms with Gasteiger partial charge in [-0.25, -0.2) is 0 Å². The fourth-order valence-corrected chi connectivity index (χ4v) is 8.47. The molecule has 1 atom stereocenters. The SMILES string of the molecule is COc1cc(OC)c(C(=O)NC2CCC(CNC(=O)c3cc(C(O)NC4CCC(NC(=O)c5cc(C(=O)NCCN)c(OC)cc5OC)CC4)c(OC)cc3OC)CC2)cc1C(=O)NCCN. The molecule has 2 aliphatic rings. The minimum Gasteiger partial charge on any atom is -0.496 e. The van der Waals surface area contributed by atoms with Crippen LogP contribution in [0.2, 0.25) is 0 Å². The molecule has 1 unspecified atom stereocenters. The lowest BCUT2D eigenvalue weighted by Gasteiger charge is -2.32.